The number of rotatable bonds is 3. The Labute approximate surface area is 110 Å². The van der Waals surface area contributed by atoms with Crippen LogP contribution in [0.3, 0.4) is 0 Å². The zero-order valence-corrected chi connectivity index (χ0v) is 11.8. The molecule has 2 atom stereocenters. The maximum atomic E-state index is 3.75. The molecule has 2 saturated heterocycles. The Morgan fingerprint density at radius 1 is 1.18 bits per heavy atom. The van der Waals surface area contributed by atoms with Gasteiger partial charge in [0.15, 0.2) is 0 Å². The molecule has 2 nitrogen and oxygen atoms in total. The molecule has 0 radical (unpaired) electrons. The Balaban J connectivity index is 1.52. The fourth-order valence-electron chi connectivity index (χ4n) is 3.28. The Morgan fingerprint density at radius 3 is 2.65 bits per heavy atom. The average Bonchev–Trinajstić information content (AvgIpc) is 3.17. The van der Waals surface area contributed by atoms with Gasteiger partial charge in [-0.3, -0.25) is 4.90 Å². The molecule has 2 aliphatic heterocycles. The van der Waals surface area contributed by atoms with Crippen molar-refractivity contribution in [2.75, 3.05) is 31.1 Å². The van der Waals surface area contributed by atoms with Crippen LogP contribution in [0.1, 0.15) is 32.6 Å². The Bertz CT molecular complexity index is 249. The average molecular weight is 254 g/mol. The lowest BCUT2D eigenvalue weighted by atomic mass is 9.99. The van der Waals surface area contributed by atoms with Crippen molar-refractivity contribution in [1.82, 2.24) is 10.2 Å². The number of piperazine rings is 1. The zero-order chi connectivity index (χ0) is 11.7. The summed E-state index contributed by atoms with van der Waals surface area (Å²) in [6.45, 7) is 6.29. The molecular formula is C14H26N2S. The van der Waals surface area contributed by atoms with E-state index in [1.54, 1.807) is 0 Å². The largest absolute Gasteiger partial charge is 0.311 e. The molecular weight excluding hydrogens is 228 g/mol. The van der Waals surface area contributed by atoms with E-state index in [9.17, 15) is 0 Å². The second kappa shape index (κ2) is 5.50. The molecule has 0 aromatic heterocycles. The van der Waals surface area contributed by atoms with Crippen molar-refractivity contribution in [1.29, 1.82) is 0 Å². The van der Waals surface area contributed by atoms with Crippen LogP contribution in [0.25, 0.3) is 0 Å². The number of hydrogen-bond acceptors (Lipinski definition) is 3. The van der Waals surface area contributed by atoms with Crippen LogP contribution in [0, 0.1) is 11.8 Å². The molecule has 0 aromatic rings. The van der Waals surface area contributed by atoms with E-state index in [4.69, 9.17) is 0 Å². The minimum absolute atomic E-state index is 0.750. The summed E-state index contributed by atoms with van der Waals surface area (Å²) in [6.07, 6.45) is 5.85. The van der Waals surface area contributed by atoms with Gasteiger partial charge in [-0.05, 0) is 55.9 Å². The first-order valence-electron chi connectivity index (χ1n) is 7.38. The quantitative estimate of drug-likeness (QED) is 0.831. The normalized spacial score (nSPS) is 37.2. The molecule has 1 saturated carbocycles. The Kier molecular flexibility index (Phi) is 3.98. The topological polar surface area (TPSA) is 15.3 Å². The molecule has 17 heavy (non-hydrogen) atoms. The van der Waals surface area contributed by atoms with E-state index >= 15 is 0 Å². The van der Waals surface area contributed by atoms with E-state index in [1.165, 1.54) is 56.8 Å². The predicted octanol–water partition coefficient (Wildman–Crippen LogP) is 2.20. The fourth-order valence-corrected chi connectivity index (χ4v) is 4.48. The van der Waals surface area contributed by atoms with Crippen LogP contribution in [-0.4, -0.2) is 48.1 Å². The van der Waals surface area contributed by atoms with E-state index in [1.807, 2.05) is 0 Å². The molecule has 3 aliphatic rings. The maximum absolute atomic E-state index is 3.75. The van der Waals surface area contributed by atoms with Crippen molar-refractivity contribution in [3.8, 4) is 0 Å². The van der Waals surface area contributed by atoms with E-state index in [0.717, 1.165) is 23.9 Å². The third kappa shape index (κ3) is 3.18. The summed E-state index contributed by atoms with van der Waals surface area (Å²) >= 11 is 2.15. The lowest BCUT2D eigenvalue weighted by molar-refractivity contribution is 0.110. The molecule has 3 rings (SSSR count). The van der Waals surface area contributed by atoms with Gasteiger partial charge in [-0.25, -0.2) is 0 Å². The smallest absolute Gasteiger partial charge is 0.0224 e. The van der Waals surface area contributed by atoms with Crippen molar-refractivity contribution >= 4 is 11.8 Å². The maximum Gasteiger partial charge on any atom is 0.0224 e. The van der Waals surface area contributed by atoms with Gasteiger partial charge in [-0.1, -0.05) is 0 Å². The zero-order valence-electron chi connectivity index (χ0n) is 11.0. The first-order valence-corrected chi connectivity index (χ1v) is 8.53. The van der Waals surface area contributed by atoms with Crippen molar-refractivity contribution in [2.45, 2.75) is 44.7 Å². The molecule has 3 heteroatoms. The Morgan fingerprint density at radius 2 is 1.94 bits per heavy atom. The standard InChI is InChI=1S/C14H26N2S/c1-11-8-15-14(13-2-3-13)10-16(11)9-12-4-6-17-7-5-12/h11-15H,2-10H2,1H3. The highest BCUT2D eigenvalue weighted by molar-refractivity contribution is 7.99. The second-order valence-corrected chi connectivity index (χ2v) is 7.44. The lowest BCUT2D eigenvalue weighted by Gasteiger charge is -2.41. The summed E-state index contributed by atoms with van der Waals surface area (Å²) in [6, 6.07) is 1.56. The highest BCUT2D eigenvalue weighted by atomic mass is 32.2. The first kappa shape index (κ1) is 12.3. The molecule has 0 amide bonds. The van der Waals surface area contributed by atoms with Gasteiger partial charge in [0, 0.05) is 31.7 Å². The molecule has 0 aromatic carbocycles. The SMILES string of the molecule is CC1CNC(C2CC2)CN1CC1CCSCC1. The number of nitrogens with zero attached hydrogens (tertiary/aromatic N) is 1. The van der Waals surface area contributed by atoms with E-state index in [-0.39, 0.29) is 0 Å². The van der Waals surface area contributed by atoms with Crippen molar-refractivity contribution < 1.29 is 0 Å². The fraction of sp³-hybridized carbons (Fsp3) is 1.00. The highest BCUT2D eigenvalue weighted by Crippen LogP contribution is 2.34. The minimum Gasteiger partial charge on any atom is -0.311 e. The van der Waals surface area contributed by atoms with Gasteiger partial charge in [0.05, 0.1) is 0 Å². The molecule has 0 spiro atoms. The summed E-state index contributed by atoms with van der Waals surface area (Å²) in [5.74, 6) is 4.79. The Hall–Kier alpha value is 0.270. The molecule has 1 N–H and O–H groups in total. The van der Waals surface area contributed by atoms with E-state index < -0.39 is 0 Å². The van der Waals surface area contributed by atoms with Crippen LogP contribution < -0.4 is 5.32 Å². The summed E-state index contributed by atoms with van der Waals surface area (Å²) in [7, 11) is 0. The lowest BCUT2D eigenvalue weighted by Crippen LogP contribution is -2.57. The predicted molar refractivity (Wildman–Crippen MR) is 75.6 cm³/mol. The van der Waals surface area contributed by atoms with Gasteiger partial charge in [0.25, 0.3) is 0 Å². The van der Waals surface area contributed by atoms with Crippen LogP contribution in [0.15, 0.2) is 0 Å². The monoisotopic (exact) mass is 254 g/mol. The van der Waals surface area contributed by atoms with Gasteiger partial charge in [0.2, 0.25) is 0 Å². The summed E-state index contributed by atoms with van der Waals surface area (Å²) in [5, 5.41) is 3.75. The van der Waals surface area contributed by atoms with Gasteiger partial charge >= 0.3 is 0 Å². The van der Waals surface area contributed by atoms with Crippen molar-refractivity contribution in [2.24, 2.45) is 11.8 Å². The van der Waals surface area contributed by atoms with Gasteiger partial charge < -0.3 is 5.32 Å². The number of thioether (sulfide) groups is 1. The van der Waals surface area contributed by atoms with Gasteiger partial charge in [-0.15, -0.1) is 0 Å². The van der Waals surface area contributed by atoms with Gasteiger partial charge in [0.1, 0.15) is 0 Å². The van der Waals surface area contributed by atoms with E-state index in [2.05, 4.69) is 28.9 Å². The minimum atomic E-state index is 0.750. The highest BCUT2D eigenvalue weighted by Gasteiger charge is 2.36. The molecule has 0 bridgehead atoms. The van der Waals surface area contributed by atoms with Crippen LogP contribution in [0.2, 0.25) is 0 Å². The molecule has 1 aliphatic carbocycles. The molecule has 3 fully saturated rings. The summed E-state index contributed by atoms with van der Waals surface area (Å²) in [4.78, 5) is 2.78. The summed E-state index contributed by atoms with van der Waals surface area (Å²) < 4.78 is 0. The second-order valence-electron chi connectivity index (χ2n) is 6.21. The molecule has 98 valence electrons. The van der Waals surface area contributed by atoms with Crippen LogP contribution in [-0.2, 0) is 0 Å². The molecule has 2 heterocycles. The van der Waals surface area contributed by atoms with Crippen molar-refractivity contribution in [3.63, 3.8) is 0 Å². The first-order chi connectivity index (χ1) is 8.33. The van der Waals surface area contributed by atoms with Crippen LogP contribution in [0.5, 0.6) is 0 Å². The van der Waals surface area contributed by atoms with E-state index in [0.29, 0.717) is 0 Å². The molecule has 2 unspecified atom stereocenters. The van der Waals surface area contributed by atoms with Crippen LogP contribution in [0.4, 0.5) is 0 Å². The number of nitrogens with one attached hydrogen (secondary N) is 1. The number of hydrogen-bond donors (Lipinski definition) is 1. The van der Waals surface area contributed by atoms with Crippen molar-refractivity contribution in [3.05, 3.63) is 0 Å². The third-order valence-electron chi connectivity index (χ3n) is 4.75. The summed E-state index contributed by atoms with van der Waals surface area (Å²) in [5.41, 5.74) is 0. The van der Waals surface area contributed by atoms with Gasteiger partial charge in [-0.2, -0.15) is 11.8 Å². The third-order valence-corrected chi connectivity index (χ3v) is 5.80. The van der Waals surface area contributed by atoms with Crippen LogP contribution >= 0.6 is 11.8 Å².